The highest BCUT2D eigenvalue weighted by Crippen LogP contribution is 2.46. The minimum Gasteiger partial charge on any atom is -0.300 e. The molecule has 2 aliphatic rings. The zero-order valence-electron chi connectivity index (χ0n) is 24.7. The van der Waals surface area contributed by atoms with Crippen LogP contribution in [0.3, 0.4) is 0 Å². The van der Waals surface area contributed by atoms with Gasteiger partial charge in [0.15, 0.2) is 11.1 Å². The number of alkyl halides is 6. The third-order valence-electron chi connectivity index (χ3n) is 8.40. The molecule has 0 aliphatic heterocycles. The number of nitro benzene ring substituents is 2. The Bertz CT molecular complexity index is 1390. The standard InChI is InChI=1S/2C15H15F3N2O3/c2*1-14(15(16,17)18,11-4-7-13(21)8-11)19-9-10-2-5-12(6-3-10)20(22)23/h2*2-3,5-6,9,11H,4,7-8H2,1H3/t2*11-,14+/m11/s1. The molecule has 0 aromatic heterocycles. The van der Waals surface area contributed by atoms with Gasteiger partial charge < -0.3 is 0 Å². The minimum absolute atomic E-state index is 0.131. The summed E-state index contributed by atoms with van der Waals surface area (Å²) in [6.45, 7) is 1.97. The second kappa shape index (κ2) is 13.9. The lowest BCUT2D eigenvalue weighted by Crippen LogP contribution is -2.46. The first kappa shape index (κ1) is 36.0. The largest absolute Gasteiger partial charge is 0.413 e. The molecule has 0 N–H and O–H groups in total. The maximum atomic E-state index is 13.4. The van der Waals surface area contributed by atoms with Gasteiger partial charge in [-0.15, -0.1) is 0 Å². The van der Waals surface area contributed by atoms with Gasteiger partial charge >= 0.3 is 12.4 Å². The lowest BCUT2D eigenvalue weighted by Gasteiger charge is -2.33. The molecule has 248 valence electrons. The fourth-order valence-corrected chi connectivity index (χ4v) is 5.19. The van der Waals surface area contributed by atoms with E-state index in [0.717, 1.165) is 26.3 Å². The molecule has 2 fully saturated rings. The molecule has 0 spiro atoms. The van der Waals surface area contributed by atoms with Crippen LogP contribution in [0.1, 0.15) is 63.5 Å². The zero-order valence-corrected chi connectivity index (χ0v) is 24.7. The van der Waals surface area contributed by atoms with Crippen LogP contribution in [0.2, 0.25) is 0 Å². The monoisotopic (exact) mass is 656 g/mol. The van der Waals surface area contributed by atoms with Crippen molar-refractivity contribution in [1.29, 1.82) is 0 Å². The van der Waals surface area contributed by atoms with Crippen molar-refractivity contribution in [1.82, 2.24) is 0 Å². The molecule has 2 aliphatic carbocycles. The highest BCUT2D eigenvalue weighted by molar-refractivity contribution is 5.83. The Morgan fingerprint density at radius 2 is 0.957 bits per heavy atom. The Labute approximate surface area is 258 Å². The fourth-order valence-electron chi connectivity index (χ4n) is 5.19. The van der Waals surface area contributed by atoms with Crippen LogP contribution in [-0.4, -0.2) is 57.3 Å². The van der Waals surface area contributed by atoms with Crippen LogP contribution in [0, 0.1) is 32.1 Å². The SMILES string of the molecule is C[C@](N=Cc1ccc([N+](=O)[O-])cc1)([C@@H]1CCC(=O)C1)C(F)(F)F.C[C@](N=Cc1ccc([N+](=O)[O-])cc1)([C@@H]1CCC(=O)C1)C(F)(F)F. The molecule has 2 aromatic carbocycles. The van der Waals surface area contributed by atoms with Crippen LogP contribution in [0.25, 0.3) is 0 Å². The first-order valence-electron chi connectivity index (χ1n) is 14.0. The lowest BCUT2D eigenvalue weighted by atomic mass is 9.84. The van der Waals surface area contributed by atoms with Crippen LogP contribution >= 0.6 is 0 Å². The lowest BCUT2D eigenvalue weighted by molar-refractivity contribution is -0.385. The fraction of sp³-hybridized carbons (Fsp3) is 0.467. The minimum atomic E-state index is -4.58. The van der Waals surface area contributed by atoms with E-state index in [1.54, 1.807) is 0 Å². The van der Waals surface area contributed by atoms with Crippen LogP contribution in [-0.2, 0) is 9.59 Å². The summed E-state index contributed by atoms with van der Waals surface area (Å²) in [7, 11) is 0. The molecule has 46 heavy (non-hydrogen) atoms. The normalized spacial score (nSPS) is 21.6. The number of Topliss-reactive ketones (excluding diaryl/α,β-unsaturated/α-hetero) is 2. The quantitative estimate of drug-likeness (QED) is 0.125. The van der Waals surface area contributed by atoms with Crippen molar-refractivity contribution >= 4 is 35.4 Å². The van der Waals surface area contributed by atoms with E-state index < -0.39 is 45.1 Å². The highest BCUT2D eigenvalue weighted by atomic mass is 19.4. The van der Waals surface area contributed by atoms with Crippen molar-refractivity contribution in [3.63, 3.8) is 0 Å². The first-order chi connectivity index (χ1) is 21.3. The van der Waals surface area contributed by atoms with E-state index in [4.69, 9.17) is 0 Å². The van der Waals surface area contributed by atoms with Crippen LogP contribution in [0.4, 0.5) is 37.7 Å². The van der Waals surface area contributed by atoms with E-state index in [1.165, 1.54) is 48.5 Å². The molecule has 0 unspecified atom stereocenters. The van der Waals surface area contributed by atoms with E-state index in [-0.39, 0.29) is 61.5 Å². The summed E-state index contributed by atoms with van der Waals surface area (Å²) in [5.41, 5.74) is -4.34. The average Bonchev–Trinajstić information content (AvgIpc) is 3.62. The molecule has 10 nitrogen and oxygen atoms in total. The van der Waals surface area contributed by atoms with Crippen LogP contribution in [0.15, 0.2) is 58.5 Å². The van der Waals surface area contributed by atoms with Crippen molar-refractivity contribution in [2.45, 2.75) is 75.8 Å². The number of benzene rings is 2. The number of carbonyl (C=O) groups excluding carboxylic acids is 2. The van der Waals surface area contributed by atoms with Gasteiger partial charge in [-0.25, -0.2) is 0 Å². The molecule has 2 aromatic rings. The van der Waals surface area contributed by atoms with Gasteiger partial charge in [-0.3, -0.25) is 39.8 Å². The average molecular weight is 657 g/mol. The maximum Gasteiger partial charge on any atom is 0.413 e. The number of rotatable bonds is 8. The van der Waals surface area contributed by atoms with E-state index in [2.05, 4.69) is 9.98 Å². The van der Waals surface area contributed by atoms with Crippen molar-refractivity contribution < 1.29 is 45.8 Å². The van der Waals surface area contributed by atoms with E-state index >= 15 is 0 Å². The summed E-state index contributed by atoms with van der Waals surface area (Å²) in [4.78, 5) is 50.0. The van der Waals surface area contributed by atoms with Gasteiger partial charge in [-0.1, -0.05) is 0 Å². The Balaban J connectivity index is 0.000000250. The molecule has 0 saturated heterocycles. The number of hydrogen-bond donors (Lipinski definition) is 0. The Hall–Kier alpha value is -4.50. The van der Waals surface area contributed by atoms with Gasteiger partial charge in [0.1, 0.15) is 11.6 Å². The molecule has 0 heterocycles. The maximum absolute atomic E-state index is 13.4. The van der Waals surface area contributed by atoms with Crippen molar-refractivity contribution in [3.8, 4) is 0 Å². The number of nitro groups is 2. The molecule has 0 bridgehead atoms. The molecule has 16 heteroatoms. The second-order valence-electron chi connectivity index (χ2n) is 11.5. The molecule has 4 rings (SSSR count). The van der Waals surface area contributed by atoms with E-state index in [0.29, 0.717) is 11.1 Å². The predicted molar refractivity (Wildman–Crippen MR) is 155 cm³/mol. The molecule has 4 atom stereocenters. The van der Waals surface area contributed by atoms with Gasteiger partial charge in [-0.2, -0.15) is 26.3 Å². The third-order valence-corrected chi connectivity index (χ3v) is 8.40. The van der Waals surface area contributed by atoms with Crippen LogP contribution < -0.4 is 0 Å². The summed E-state index contributed by atoms with van der Waals surface area (Å²) < 4.78 is 80.6. The number of nitrogens with zero attached hydrogens (tertiary/aromatic N) is 4. The molecule has 2 saturated carbocycles. The smallest absolute Gasteiger partial charge is 0.300 e. The Kier molecular flexibility index (Phi) is 10.8. The zero-order chi connectivity index (χ0) is 34.5. The van der Waals surface area contributed by atoms with Gasteiger partial charge in [0, 0.05) is 62.4 Å². The number of aliphatic imine (C=N–C) groups is 2. The molecule has 0 amide bonds. The second-order valence-corrected chi connectivity index (χ2v) is 11.5. The Morgan fingerprint density at radius 1 is 0.652 bits per heavy atom. The number of hydrogen-bond acceptors (Lipinski definition) is 8. The van der Waals surface area contributed by atoms with Crippen molar-refractivity contribution in [3.05, 3.63) is 79.9 Å². The number of non-ortho nitro benzene ring substituents is 2. The van der Waals surface area contributed by atoms with Crippen LogP contribution in [0.5, 0.6) is 0 Å². The third kappa shape index (κ3) is 8.40. The molecular formula is C30H30F6N4O6. The number of ketones is 2. The molecule has 0 radical (unpaired) electrons. The van der Waals surface area contributed by atoms with E-state index in [1.807, 2.05) is 0 Å². The summed E-state index contributed by atoms with van der Waals surface area (Å²) in [6, 6.07) is 10.1. The highest BCUT2D eigenvalue weighted by Gasteiger charge is 2.58. The van der Waals surface area contributed by atoms with Gasteiger partial charge in [0.05, 0.1) is 9.85 Å². The summed E-state index contributed by atoms with van der Waals surface area (Å²) in [5, 5.41) is 21.1. The summed E-state index contributed by atoms with van der Waals surface area (Å²) in [6.07, 6.45) is -6.72. The first-order valence-corrected chi connectivity index (χ1v) is 14.0. The van der Waals surface area contributed by atoms with Gasteiger partial charge in [0.2, 0.25) is 0 Å². The number of carbonyl (C=O) groups is 2. The summed E-state index contributed by atoms with van der Waals surface area (Å²) >= 11 is 0. The van der Waals surface area contributed by atoms with Crippen molar-refractivity contribution in [2.24, 2.45) is 21.8 Å². The molecular weight excluding hydrogens is 626 g/mol. The van der Waals surface area contributed by atoms with Gasteiger partial charge in [0.25, 0.3) is 11.4 Å². The van der Waals surface area contributed by atoms with E-state index in [9.17, 15) is 56.2 Å². The van der Waals surface area contributed by atoms with Gasteiger partial charge in [-0.05, 0) is 73.9 Å². The summed E-state index contributed by atoms with van der Waals surface area (Å²) in [5.74, 6) is -2.14. The Morgan fingerprint density at radius 3 is 1.17 bits per heavy atom. The predicted octanol–water partition coefficient (Wildman–Crippen LogP) is 7.41. The number of halogens is 6. The van der Waals surface area contributed by atoms with Crippen molar-refractivity contribution in [2.75, 3.05) is 0 Å². The topological polar surface area (TPSA) is 145 Å².